The third kappa shape index (κ3) is 6.86. The number of ether oxygens (including phenoxy) is 2. The van der Waals surface area contributed by atoms with Crippen molar-refractivity contribution >= 4 is 29.2 Å². The number of carbonyl (C=O) groups excluding carboxylic acids is 2. The summed E-state index contributed by atoms with van der Waals surface area (Å²) < 4.78 is 79.8. The first-order valence-corrected chi connectivity index (χ1v) is 11.6. The maximum Gasteiger partial charge on any atom is 0.458 e. The van der Waals surface area contributed by atoms with E-state index in [1.165, 1.54) is 18.3 Å². The molecule has 0 aliphatic carbocycles. The standard InChI is InChI=1S/C24H25ClF5N3O4/c1-22(2,3)37-21(35)18(16-7-5-10-31-16)36-17-12-13(8-9-15(17)23(26,27)24(28,29)30)33-20(34)14-6-4-11-32-19(14)25/h4,6,8-9,11-12,16,18,31H,5,7,10H2,1-3H3,(H,33,34)/t16?,18-/m1/s1. The molecule has 2 atom stereocenters. The van der Waals surface area contributed by atoms with Gasteiger partial charge in [0, 0.05) is 18.0 Å². The molecule has 2 N–H and O–H groups in total. The highest BCUT2D eigenvalue weighted by atomic mass is 35.5. The van der Waals surface area contributed by atoms with Crippen molar-refractivity contribution < 1.29 is 41.0 Å². The number of alkyl halides is 5. The number of pyridine rings is 1. The normalized spacial score (nSPS) is 17.3. The summed E-state index contributed by atoms with van der Waals surface area (Å²) >= 11 is 5.90. The number of esters is 1. The Morgan fingerprint density at radius 1 is 1.16 bits per heavy atom. The first-order valence-electron chi connectivity index (χ1n) is 11.2. The lowest BCUT2D eigenvalue weighted by molar-refractivity contribution is -0.289. The van der Waals surface area contributed by atoms with Gasteiger partial charge in [-0.3, -0.25) is 4.79 Å². The van der Waals surface area contributed by atoms with E-state index < -0.39 is 53.0 Å². The predicted octanol–water partition coefficient (Wildman–Crippen LogP) is 5.48. The number of benzene rings is 1. The minimum Gasteiger partial charge on any atom is -0.476 e. The van der Waals surface area contributed by atoms with Crippen LogP contribution in [0.3, 0.4) is 0 Å². The number of carbonyl (C=O) groups is 2. The smallest absolute Gasteiger partial charge is 0.458 e. The first kappa shape index (κ1) is 28.6. The van der Waals surface area contributed by atoms with Crippen molar-refractivity contribution in [1.82, 2.24) is 10.3 Å². The van der Waals surface area contributed by atoms with Gasteiger partial charge in [-0.05, 0) is 64.4 Å². The molecule has 1 saturated heterocycles. The molecule has 2 aromatic rings. The van der Waals surface area contributed by atoms with E-state index in [-0.39, 0.29) is 16.4 Å². The summed E-state index contributed by atoms with van der Waals surface area (Å²) in [6, 6.07) is 4.22. The van der Waals surface area contributed by atoms with Crippen LogP contribution in [0.5, 0.6) is 5.75 Å². The molecule has 0 radical (unpaired) electrons. The van der Waals surface area contributed by atoms with Crippen molar-refractivity contribution in [3.8, 4) is 5.75 Å². The van der Waals surface area contributed by atoms with Crippen molar-refractivity contribution in [2.24, 2.45) is 0 Å². The fourth-order valence-electron chi connectivity index (χ4n) is 3.62. The lowest BCUT2D eigenvalue weighted by Crippen LogP contribution is -2.47. The topological polar surface area (TPSA) is 89.5 Å². The molecule has 1 aromatic carbocycles. The van der Waals surface area contributed by atoms with Crippen molar-refractivity contribution in [2.75, 3.05) is 11.9 Å². The van der Waals surface area contributed by atoms with Gasteiger partial charge >= 0.3 is 18.1 Å². The van der Waals surface area contributed by atoms with E-state index in [9.17, 15) is 31.5 Å². The highest BCUT2D eigenvalue weighted by Crippen LogP contribution is 2.48. The zero-order valence-corrected chi connectivity index (χ0v) is 20.8. The van der Waals surface area contributed by atoms with Crippen molar-refractivity contribution in [2.45, 2.75) is 63.5 Å². The molecule has 0 bridgehead atoms. The van der Waals surface area contributed by atoms with Crippen LogP contribution in [0, 0.1) is 0 Å². The van der Waals surface area contributed by atoms with Gasteiger partial charge in [-0.25, -0.2) is 9.78 Å². The lowest BCUT2D eigenvalue weighted by atomic mass is 10.0. The minimum atomic E-state index is -5.95. The predicted molar refractivity (Wildman–Crippen MR) is 125 cm³/mol. The number of hydrogen-bond acceptors (Lipinski definition) is 6. The lowest BCUT2D eigenvalue weighted by Gasteiger charge is -2.30. The second kappa shape index (κ2) is 10.8. The SMILES string of the molecule is CC(C)(C)OC(=O)[C@H](Oc1cc(NC(=O)c2cccnc2Cl)ccc1C(F)(F)C(F)(F)F)C1CCCN1. The summed E-state index contributed by atoms with van der Waals surface area (Å²) in [6.07, 6.45) is -5.13. The number of nitrogens with one attached hydrogen (secondary N) is 2. The second-order valence-corrected chi connectivity index (χ2v) is 9.71. The van der Waals surface area contributed by atoms with Crippen molar-refractivity contribution in [3.05, 3.63) is 52.8 Å². The zero-order valence-electron chi connectivity index (χ0n) is 20.1. The van der Waals surface area contributed by atoms with Crippen LogP contribution in [0.1, 0.15) is 49.5 Å². The fourth-order valence-corrected chi connectivity index (χ4v) is 3.83. The molecule has 37 heavy (non-hydrogen) atoms. The Hall–Kier alpha value is -2.99. The van der Waals surface area contributed by atoms with E-state index in [2.05, 4.69) is 15.6 Å². The van der Waals surface area contributed by atoms with Crippen LogP contribution in [-0.4, -0.2) is 47.3 Å². The number of halogens is 6. The Morgan fingerprint density at radius 3 is 2.43 bits per heavy atom. The van der Waals surface area contributed by atoms with Crippen LogP contribution in [0.15, 0.2) is 36.5 Å². The van der Waals surface area contributed by atoms with Crippen molar-refractivity contribution in [1.29, 1.82) is 0 Å². The summed E-state index contributed by atoms with van der Waals surface area (Å²) in [6.45, 7) is 5.22. The van der Waals surface area contributed by atoms with Gasteiger partial charge in [-0.2, -0.15) is 22.0 Å². The zero-order chi connectivity index (χ0) is 27.6. The van der Waals surface area contributed by atoms with E-state index in [1.54, 1.807) is 20.8 Å². The average Bonchev–Trinajstić information content (AvgIpc) is 3.30. The van der Waals surface area contributed by atoms with Crippen molar-refractivity contribution in [3.63, 3.8) is 0 Å². The number of hydrogen-bond donors (Lipinski definition) is 2. The van der Waals surface area contributed by atoms with Crippen LogP contribution >= 0.6 is 11.6 Å². The number of anilines is 1. The minimum absolute atomic E-state index is 0.0573. The Morgan fingerprint density at radius 2 is 1.86 bits per heavy atom. The second-order valence-electron chi connectivity index (χ2n) is 9.35. The molecule has 202 valence electrons. The van der Waals surface area contributed by atoms with Crippen LogP contribution in [0.4, 0.5) is 27.6 Å². The number of amides is 1. The largest absolute Gasteiger partial charge is 0.476 e. The van der Waals surface area contributed by atoms with E-state index in [0.29, 0.717) is 25.5 Å². The van der Waals surface area contributed by atoms with E-state index in [1.807, 2.05) is 0 Å². The molecule has 0 spiro atoms. The van der Waals surface area contributed by atoms with Gasteiger partial charge in [-0.1, -0.05) is 11.6 Å². The monoisotopic (exact) mass is 549 g/mol. The summed E-state index contributed by atoms with van der Waals surface area (Å²) in [7, 11) is 0. The third-order valence-corrected chi connectivity index (χ3v) is 5.60. The Balaban J connectivity index is 2.03. The molecular weight excluding hydrogens is 525 g/mol. The molecule has 0 saturated carbocycles. The third-order valence-electron chi connectivity index (χ3n) is 5.29. The number of aromatic nitrogens is 1. The van der Waals surface area contributed by atoms with Gasteiger partial charge in [-0.15, -0.1) is 0 Å². The maximum atomic E-state index is 14.5. The molecule has 1 aliphatic heterocycles. The van der Waals surface area contributed by atoms with Gasteiger partial charge in [0.15, 0.2) is 0 Å². The van der Waals surface area contributed by atoms with Gasteiger partial charge in [0.05, 0.1) is 17.2 Å². The average molecular weight is 550 g/mol. The van der Waals surface area contributed by atoms with Gasteiger partial charge < -0.3 is 20.1 Å². The highest BCUT2D eigenvalue weighted by molar-refractivity contribution is 6.33. The Bertz CT molecular complexity index is 1150. The molecular formula is C24H25ClF5N3O4. The summed E-state index contributed by atoms with van der Waals surface area (Å²) in [5.74, 6) is -7.99. The van der Waals surface area contributed by atoms with Crippen LogP contribution in [0.25, 0.3) is 0 Å². The van der Waals surface area contributed by atoms with E-state index in [0.717, 1.165) is 12.1 Å². The van der Waals surface area contributed by atoms with Gasteiger partial charge in [0.2, 0.25) is 6.10 Å². The van der Waals surface area contributed by atoms with Crippen LogP contribution in [0.2, 0.25) is 5.15 Å². The van der Waals surface area contributed by atoms with Crippen LogP contribution in [-0.2, 0) is 15.5 Å². The molecule has 1 unspecified atom stereocenters. The molecule has 1 fully saturated rings. The summed E-state index contributed by atoms with van der Waals surface area (Å²) in [5.41, 5.74) is -2.74. The molecule has 3 rings (SSSR count). The number of rotatable bonds is 7. The van der Waals surface area contributed by atoms with Gasteiger partial charge in [0.1, 0.15) is 16.5 Å². The van der Waals surface area contributed by atoms with E-state index >= 15 is 0 Å². The molecule has 7 nitrogen and oxygen atoms in total. The Labute approximate surface area is 214 Å². The summed E-state index contributed by atoms with van der Waals surface area (Å²) in [5, 5.41) is 5.20. The molecule has 1 amide bonds. The van der Waals surface area contributed by atoms with Gasteiger partial charge in [0.25, 0.3) is 5.91 Å². The molecule has 2 heterocycles. The first-order chi connectivity index (χ1) is 17.1. The Kier molecular flexibility index (Phi) is 8.33. The molecule has 1 aromatic heterocycles. The molecule has 13 heteroatoms. The quantitative estimate of drug-likeness (QED) is 0.270. The van der Waals surface area contributed by atoms with Crippen LogP contribution < -0.4 is 15.4 Å². The van der Waals surface area contributed by atoms with E-state index in [4.69, 9.17) is 21.1 Å². The number of nitrogens with zero attached hydrogens (tertiary/aromatic N) is 1. The highest BCUT2D eigenvalue weighted by Gasteiger charge is 2.60. The molecule has 1 aliphatic rings. The maximum absolute atomic E-state index is 14.5. The fraction of sp³-hybridized carbons (Fsp3) is 0.458. The summed E-state index contributed by atoms with van der Waals surface area (Å²) in [4.78, 5) is 29.3.